The zero-order valence-corrected chi connectivity index (χ0v) is 18.6. The molecule has 31 heavy (non-hydrogen) atoms. The molecule has 2 N–H and O–H groups in total. The molecule has 8 nitrogen and oxygen atoms in total. The molecule has 0 aliphatic heterocycles. The number of carbonyl (C=O) groups is 1. The number of anilines is 2. The maximum atomic E-state index is 12.6. The number of aryl methyl sites for hydroxylation is 4. The number of hydrogen-bond donors (Lipinski definition) is 2. The fourth-order valence-electron chi connectivity index (χ4n) is 3.04. The third kappa shape index (κ3) is 5.79. The second kappa shape index (κ2) is 9.13. The molecule has 2 aromatic carbocycles. The van der Waals surface area contributed by atoms with Crippen molar-refractivity contribution >= 4 is 27.4 Å². The van der Waals surface area contributed by atoms with E-state index in [0.29, 0.717) is 23.0 Å². The van der Waals surface area contributed by atoms with Gasteiger partial charge in [0.15, 0.2) is 6.61 Å². The van der Waals surface area contributed by atoms with Gasteiger partial charge in [-0.2, -0.15) is 0 Å². The third-order valence-electron chi connectivity index (χ3n) is 4.41. The number of hydrogen-bond acceptors (Lipinski definition) is 6. The second-order valence-electron chi connectivity index (χ2n) is 7.13. The summed E-state index contributed by atoms with van der Waals surface area (Å²) in [6.45, 7) is 7.12. The normalized spacial score (nSPS) is 11.1. The molecule has 162 valence electrons. The minimum absolute atomic E-state index is 0.0474. The average molecular weight is 441 g/mol. The van der Waals surface area contributed by atoms with Crippen LogP contribution in [0.15, 0.2) is 53.4 Å². The van der Waals surface area contributed by atoms with Gasteiger partial charge in [-0.15, -0.1) is 0 Å². The van der Waals surface area contributed by atoms with Crippen molar-refractivity contribution in [2.24, 2.45) is 0 Å². The van der Waals surface area contributed by atoms with E-state index in [1.165, 1.54) is 24.3 Å². The maximum Gasteiger partial charge on any atom is 0.263 e. The minimum Gasteiger partial charge on any atom is -0.483 e. The minimum atomic E-state index is -3.83. The van der Waals surface area contributed by atoms with Crippen molar-refractivity contribution in [1.82, 2.24) is 9.97 Å². The Bertz CT molecular complexity index is 1170. The predicted molar refractivity (Wildman–Crippen MR) is 119 cm³/mol. The number of carbonyl (C=O) groups excluding carboxylic acids is 1. The Morgan fingerprint density at radius 1 is 0.968 bits per heavy atom. The molecule has 3 aromatic rings. The molecule has 1 heterocycles. The van der Waals surface area contributed by atoms with Crippen LogP contribution in [-0.4, -0.2) is 30.9 Å². The number of amides is 1. The van der Waals surface area contributed by atoms with E-state index in [1.807, 2.05) is 32.0 Å². The lowest BCUT2D eigenvalue weighted by Gasteiger charge is -2.12. The highest BCUT2D eigenvalue weighted by Crippen LogP contribution is 2.22. The molecule has 0 atom stereocenters. The molecule has 0 bridgehead atoms. The smallest absolute Gasteiger partial charge is 0.263 e. The Balaban J connectivity index is 1.63. The summed E-state index contributed by atoms with van der Waals surface area (Å²) in [6, 6.07) is 13.2. The van der Waals surface area contributed by atoms with Crippen LogP contribution in [0.1, 0.15) is 22.6 Å². The highest BCUT2D eigenvalue weighted by atomic mass is 32.2. The van der Waals surface area contributed by atoms with Gasteiger partial charge in [-0.3, -0.25) is 9.52 Å². The molecule has 0 saturated carbocycles. The number of ether oxygens (including phenoxy) is 1. The van der Waals surface area contributed by atoms with Gasteiger partial charge in [0.2, 0.25) is 0 Å². The Morgan fingerprint density at radius 3 is 2.23 bits per heavy atom. The highest BCUT2D eigenvalue weighted by Gasteiger charge is 2.16. The van der Waals surface area contributed by atoms with Gasteiger partial charge >= 0.3 is 0 Å². The molecule has 1 amide bonds. The lowest BCUT2D eigenvalue weighted by Crippen LogP contribution is -2.21. The fraction of sp³-hybridized carbons (Fsp3) is 0.227. The van der Waals surface area contributed by atoms with Gasteiger partial charge in [0.05, 0.1) is 4.90 Å². The van der Waals surface area contributed by atoms with Crippen molar-refractivity contribution < 1.29 is 17.9 Å². The average Bonchev–Trinajstić information content (AvgIpc) is 2.67. The first kappa shape index (κ1) is 22.2. The van der Waals surface area contributed by atoms with Crippen molar-refractivity contribution in [3.63, 3.8) is 0 Å². The molecule has 0 spiro atoms. The Kier molecular flexibility index (Phi) is 6.55. The first-order valence-electron chi connectivity index (χ1n) is 9.58. The Labute approximate surface area is 181 Å². The number of rotatable bonds is 7. The number of para-hydroxylation sites is 1. The SMILES string of the molecule is Cc1cc(NS(=O)(=O)c2ccc(NC(=O)COc3c(C)cccc3C)cc2)nc(C)n1. The summed E-state index contributed by atoms with van der Waals surface area (Å²) < 4.78 is 33.3. The summed E-state index contributed by atoms with van der Waals surface area (Å²) in [5.74, 6) is 1.01. The van der Waals surface area contributed by atoms with E-state index in [4.69, 9.17) is 4.74 Å². The van der Waals surface area contributed by atoms with E-state index >= 15 is 0 Å². The van der Waals surface area contributed by atoms with E-state index in [9.17, 15) is 13.2 Å². The molecule has 0 saturated heterocycles. The molecule has 3 rings (SSSR count). The maximum absolute atomic E-state index is 12.6. The van der Waals surface area contributed by atoms with Gasteiger partial charge in [-0.05, 0) is 63.1 Å². The summed E-state index contributed by atoms with van der Waals surface area (Å²) in [7, 11) is -3.83. The van der Waals surface area contributed by atoms with Gasteiger partial charge in [-0.25, -0.2) is 18.4 Å². The molecule has 0 aliphatic rings. The van der Waals surface area contributed by atoms with Crippen LogP contribution in [0.3, 0.4) is 0 Å². The van der Waals surface area contributed by atoms with Crippen LogP contribution in [0.2, 0.25) is 0 Å². The monoisotopic (exact) mass is 440 g/mol. The quantitative estimate of drug-likeness (QED) is 0.582. The summed E-state index contributed by atoms with van der Waals surface area (Å²) in [5, 5.41) is 2.69. The van der Waals surface area contributed by atoms with Gasteiger partial charge in [0.25, 0.3) is 15.9 Å². The van der Waals surface area contributed by atoms with Crippen LogP contribution in [0.5, 0.6) is 5.75 Å². The lowest BCUT2D eigenvalue weighted by atomic mass is 10.1. The predicted octanol–water partition coefficient (Wildman–Crippen LogP) is 3.53. The van der Waals surface area contributed by atoms with Crippen molar-refractivity contribution in [3.05, 3.63) is 71.2 Å². The van der Waals surface area contributed by atoms with Crippen LogP contribution >= 0.6 is 0 Å². The molecule has 0 fully saturated rings. The molecule has 1 aromatic heterocycles. The van der Waals surface area contributed by atoms with E-state index < -0.39 is 10.0 Å². The van der Waals surface area contributed by atoms with Crippen molar-refractivity contribution in [1.29, 1.82) is 0 Å². The number of sulfonamides is 1. The van der Waals surface area contributed by atoms with Crippen LogP contribution in [0.25, 0.3) is 0 Å². The number of benzene rings is 2. The number of nitrogens with one attached hydrogen (secondary N) is 2. The van der Waals surface area contributed by atoms with Gasteiger partial charge in [0.1, 0.15) is 17.4 Å². The van der Waals surface area contributed by atoms with E-state index in [2.05, 4.69) is 20.0 Å². The first-order chi connectivity index (χ1) is 14.6. The highest BCUT2D eigenvalue weighted by molar-refractivity contribution is 7.92. The first-order valence-corrected chi connectivity index (χ1v) is 11.1. The summed E-state index contributed by atoms with van der Waals surface area (Å²) >= 11 is 0. The number of nitrogens with zero attached hydrogens (tertiary/aromatic N) is 2. The molecule has 9 heteroatoms. The molecular formula is C22H24N4O4S. The van der Waals surface area contributed by atoms with E-state index in [-0.39, 0.29) is 23.2 Å². The second-order valence-corrected chi connectivity index (χ2v) is 8.81. The standard InChI is InChI=1S/C22H24N4O4S/c1-14-6-5-7-15(2)22(14)30-13-21(27)25-18-8-10-19(11-9-18)31(28,29)26-20-12-16(3)23-17(4)24-20/h5-12H,13H2,1-4H3,(H,25,27)(H,23,24,26). The summed E-state index contributed by atoms with van der Waals surface area (Å²) in [5.41, 5.74) is 3.02. The van der Waals surface area contributed by atoms with Crippen LogP contribution in [-0.2, 0) is 14.8 Å². The van der Waals surface area contributed by atoms with E-state index in [1.54, 1.807) is 19.9 Å². The molecule has 0 radical (unpaired) electrons. The van der Waals surface area contributed by atoms with Gasteiger partial charge in [-0.1, -0.05) is 18.2 Å². The van der Waals surface area contributed by atoms with Gasteiger partial charge in [0, 0.05) is 17.4 Å². The zero-order chi connectivity index (χ0) is 22.6. The molecular weight excluding hydrogens is 416 g/mol. The van der Waals surface area contributed by atoms with Crippen molar-refractivity contribution in [3.8, 4) is 5.75 Å². The van der Waals surface area contributed by atoms with E-state index in [0.717, 1.165) is 11.1 Å². The fourth-order valence-corrected chi connectivity index (χ4v) is 4.04. The summed E-state index contributed by atoms with van der Waals surface area (Å²) in [4.78, 5) is 20.5. The molecule has 0 aliphatic carbocycles. The van der Waals surface area contributed by atoms with Crippen LogP contribution in [0.4, 0.5) is 11.5 Å². The zero-order valence-electron chi connectivity index (χ0n) is 17.8. The molecule has 0 unspecified atom stereocenters. The largest absolute Gasteiger partial charge is 0.483 e. The third-order valence-corrected chi connectivity index (χ3v) is 5.78. The lowest BCUT2D eigenvalue weighted by molar-refractivity contribution is -0.118. The Morgan fingerprint density at radius 2 is 1.61 bits per heavy atom. The number of aromatic nitrogens is 2. The Hall–Kier alpha value is -3.46. The van der Waals surface area contributed by atoms with Gasteiger partial charge < -0.3 is 10.1 Å². The van der Waals surface area contributed by atoms with Crippen molar-refractivity contribution in [2.45, 2.75) is 32.6 Å². The van der Waals surface area contributed by atoms with Crippen LogP contribution in [0, 0.1) is 27.7 Å². The summed E-state index contributed by atoms with van der Waals surface area (Å²) in [6.07, 6.45) is 0. The topological polar surface area (TPSA) is 110 Å². The van der Waals surface area contributed by atoms with Crippen molar-refractivity contribution in [2.75, 3.05) is 16.6 Å². The van der Waals surface area contributed by atoms with Crippen LogP contribution < -0.4 is 14.8 Å².